The molecule has 0 spiro atoms. The number of carbonyl (C=O) groups excluding carboxylic acids is 1. The van der Waals surface area contributed by atoms with Crippen molar-refractivity contribution >= 4 is 5.91 Å². The van der Waals surface area contributed by atoms with Crippen molar-refractivity contribution in [3.63, 3.8) is 0 Å². The Morgan fingerprint density at radius 2 is 1.89 bits per heavy atom. The molecule has 0 N–H and O–H groups in total. The molecule has 0 saturated carbocycles. The maximum absolute atomic E-state index is 13.9. The van der Waals surface area contributed by atoms with Crippen LogP contribution in [0.25, 0.3) is 0 Å². The van der Waals surface area contributed by atoms with Crippen LogP contribution >= 0.6 is 0 Å². The molecule has 2 aliphatic rings. The number of β-lactam (4-membered cyclic amide) rings is 1. The second kappa shape index (κ2) is 7.23. The van der Waals surface area contributed by atoms with E-state index in [1.54, 1.807) is 6.07 Å². The van der Waals surface area contributed by atoms with Crippen LogP contribution in [0.3, 0.4) is 0 Å². The smallest absolute Gasteiger partial charge is 0.266 e. The zero-order valence-corrected chi connectivity index (χ0v) is 14.4. The van der Waals surface area contributed by atoms with Crippen molar-refractivity contribution in [1.29, 1.82) is 0 Å². The molecule has 2 heterocycles. The second-order valence-electron chi connectivity index (χ2n) is 6.71. The summed E-state index contributed by atoms with van der Waals surface area (Å²) in [4.78, 5) is 14.2. The molecule has 4 rings (SSSR count). The molecule has 2 aromatic rings. The Hall–Kier alpha value is -2.54. The fraction of sp³-hybridized carbons (Fsp3) is 0.350. The lowest BCUT2D eigenvalue weighted by Crippen LogP contribution is -2.62. The lowest BCUT2D eigenvalue weighted by Gasteiger charge is -2.47. The minimum Gasteiger partial charge on any atom is -0.475 e. The number of hydrogen-bond donors (Lipinski definition) is 0. The first-order chi connectivity index (χ1) is 13.0. The summed E-state index contributed by atoms with van der Waals surface area (Å²) in [6.07, 6.45) is 0.634. The van der Waals surface area contributed by atoms with Crippen molar-refractivity contribution in [2.75, 3.05) is 13.2 Å². The quantitative estimate of drug-likeness (QED) is 0.748. The molecule has 2 fully saturated rings. The number of rotatable bonds is 5. The van der Waals surface area contributed by atoms with Gasteiger partial charge in [0.25, 0.3) is 5.91 Å². The third-order valence-corrected chi connectivity index (χ3v) is 4.95. The third-order valence-electron chi connectivity index (χ3n) is 4.95. The highest BCUT2D eigenvalue weighted by Gasteiger charge is 2.51. The SMILES string of the molecule is O=C1[C@H](Oc2ccccc2F)[C@H](c2ccc(F)c(F)c2)N1C[C@H]1CCCO1. The molecule has 0 aromatic heterocycles. The van der Waals surface area contributed by atoms with Crippen LogP contribution in [0.5, 0.6) is 5.75 Å². The van der Waals surface area contributed by atoms with Crippen LogP contribution < -0.4 is 4.74 Å². The van der Waals surface area contributed by atoms with E-state index < -0.39 is 29.6 Å². The summed E-state index contributed by atoms with van der Waals surface area (Å²) in [5.74, 6) is -2.95. The van der Waals surface area contributed by atoms with Crippen LogP contribution in [0.15, 0.2) is 42.5 Å². The summed E-state index contributed by atoms with van der Waals surface area (Å²) < 4.78 is 52.2. The maximum atomic E-state index is 13.9. The second-order valence-corrected chi connectivity index (χ2v) is 6.71. The number of nitrogens with zero attached hydrogens (tertiary/aromatic N) is 1. The van der Waals surface area contributed by atoms with Gasteiger partial charge in [0.2, 0.25) is 6.10 Å². The Balaban J connectivity index is 1.61. The number of ether oxygens (including phenoxy) is 2. The summed E-state index contributed by atoms with van der Waals surface area (Å²) in [6, 6.07) is 8.60. The number of amides is 1. The average Bonchev–Trinajstić information content (AvgIpc) is 3.17. The minimum atomic E-state index is -1.01. The van der Waals surface area contributed by atoms with Gasteiger partial charge < -0.3 is 14.4 Å². The molecule has 3 atom stereocenters. The highest BCUT2D eigenvalue weighted by Crippen LogP contribution is 2.39. The summed E-state index contributed by atoms with van der Waals surface area (Å²) in [7, 11) is 0. The standard InChI is InChI=1S/C20H18F3NO3/c21-14-8-7-12(10-16(14)23)18-19(27-17-6-2-1-5-15(17)22)20(25)24(18)11-13-4-3-9-26-13/h1-2,5-8,10,13,18-19H,3-4,9,11H2/t13-,18+,19-/m1/s1. The molecule has 0 bridgehead atoms. The van der Waals surface area contributed by atoms with E-state index in [0.29, 0.717) is 18.7 Å². The van der Waals surface area contributed by atoms with E-state index >= 15 is 0 Å². The highest BCUT2D eigenvalue weighted by atomic mass is 19.2. The molecule has 1 amide bonds. The number of hydrogen-bond acceptors (Lipinski definition) is 3. The fourth-order valence-electron chi connectivity index (χ4n) is 3.57. The van der Waals surface area contributed by atoms with Gasteiger partial charge in [-0.3, -0.25) is 4.79 Å². The van der Waals surface area contributed by atoms with Gasteiger partial charge in [-0.05, 0) is 42.7 Å². The fourth-order valence-corrected chi connectivity index (χ4v) is 3.57. The largest absolute Gasteiger partial charge is 0.475 e. The number of benzene rings is 2. The molecular formula is C20H18F3NO3. The van der Waals surface area contributed by atoms with Gasteiger partial charge in [-0.2, -0.15) is 0 Å². The molecule has 27 heavy (non-hydrogen) atoms. The summed E-state index contributed by atoms with van der Waals surface area (Å²) in [5, 5.41) is 0. The Labute approximate surface area is 154 Å². The van der Waals surface area contributed by atoms with Crippen molar-refractivity contribution < 1.29 is 27.4 Å². The Bertz CT molecular complexity index is 854. The molecule has 7 heteroatoms. The van der Waals surface area contributed by atoms with Gasteiger partial charge >= 0.3 is 0 Å². The zero-order chi connectivity index (χ0) is 19.0. The molecule has 0 aliphatic carbocycles. The molecular weight excluding hydrogens is 359 g/mol. The van der Waals surface area contributed by atoms with Gasteiger partial charge in [0.05, 0.1) is 6.10 Å². The van der Waals surface area contributed by atoms with Gasteiger partial charge in [-0.1, -0.05) is 18.2 Å². The first kappa shape index (κ1) is 17.9. The molecule has 2 aromatic carbocycles. The first-order valence-electron chi connectivity index (χ1n) is 8.83. The van der Waals surface area contributed by atoms with Crippen LogP contribution in [-0.4, -0.2) is 36.2 Å². The molecule has 2 saturated heterocycles. The van der Waals surface area contributed by atoms with Gasteiger partial charge in [-0.25, -0.2) is 13.2 Å². The predicted octanol–water partition coefficient (Wildman–Crippen LogP) is 3.61. The molecule has 2 aliphatic heterocycles. The van der Waals surface area contributed by atoms with Gasteiger partial charge in [0.1, 0.15) is 6.04 Å². The molecule has 0 unspecified atom stereocenters. The average molecular weight is 377 g/mol. The number of halogens is 3. The first-order valence-corrected chi connectivity index (χ1v) is 8.83. The Morgan fingerprint density at radius 1 is 1.07 bits per heavy atom. The van der Waals surface area contributed by atoms with Crippen LogP contribution in [0, 0.1) is 17.5 Å². The van der Waals surface area contributed by atoms with Crippen LogP contribution in [0.2, 0.25) is 0 Å². The Morgan fingerprint density at radius 3 is 2.59 bits per heavy atom. The van der Waals surface area contributed by atoms with E-state index in [9.17, 15) is 18.0 Å². The summed E-state index contributed by atoms with van der Waals surface area (Å²) in [6.45, 7) is 0.970. The minimum absolute atomic E-state index is 0.0554. The van der Waals surface area contributed by atoms with Crippen molar-refractivity contribution in [2.45, 2.75) is 31.1 Å². The normalized spacial score (nSPS) is 24.8. The van der Waals surface area contributed by atoms with Crippen molar-refractivity contribution in [3.8, 4) is 5.75 Å². The van der Waals surface area contributed by atoms with Gasteiger partial charge in [0, 0.05) is 13.2 Å². The Kier molecular flexibility index (Phi) is 4.78. The summed E-state index contributed by atoms with van der Waals surface area (Å²) in [5.41, 5.74) is 0.396. The lowest BCUT2D eigenvalue weighted by molar-refractivity contribution is -0.167. The van der Waals surface area contributed by atoms with Crippen molar-refractivity contribution in [2.24, 2.45) is 0 Å². The van der Waals surface area contributed by atoms with E-state index in [-0.39, 0.29) is 17.8 Å². The molecule has 4 nitrogen and oxygen atoms in total. The van der Waals surface area contributed by atoms with E-state index in [1.807, 2.05) is 0 Å². The topological polar surface area (TPSA) is 38.8 Å². The van der Waals surface area contributed by atoms with E-state index in [0.717, 1.165) is 25.0 Å². The van der Waals surface area contributed by atoms with E-state index in [4.69, 9.17) is 9.47 Å². The zero-order valence-electron chi connectivity index (χ0n) is 14.4. The van der Waals surface area contributed by atoms with Crippen LogP contribution in [0.4, 0.5) is 13.2 Å². The van der Waals surface area contributed by atoms with Gasteiger partial charge in [0.15, 0.2) is 23.2 Å². The predicted molar refractivity (Wildman–Crippen MR) is 90.6 cm³/mol. The van der Waals surface area contributed by atoms with Crippen molar-refractivity contribution in [3.05, 3.63) is 65.5 Å². The summed E-state index contributed by atoms with van der Waals surface area (Å²) >= 11 is 0. The monoisotopic (exact) mass is 377 g/mol. The number of para-hydroxylation sites is 1. The number of carbonyl (C=O) groups is 1. The maximum Gasteiger partial charge on any atom is 0.266 e. The van der Waals surface area contributed by atoms with E-state index in [1.165, 1.54) is 29.2 Å². The highest BCUT2D eigenvalue weighted by molar-refractivity contribution is 5.89. The van der Waals surface area contributed by atoms with Crippen molar-refractivity contribution in [1.82, 2.24) is 4.90 Å². The lowest BCUT2D eigenvalue weighted by atomic mass is 9.89. The molecule has 142 valence electrons. The molecule has 0 radical (unpaired) electrons. The van der Waals surface area contributed by atoms with Crippen LogP contribution in [0.1, 0.15) is 24.4 Å². The van der Waals surface area contributed by atoms with Crippen LogP contribution in [-0.2, 0) is 9.53 Å². The van der Waals surface area contributed by atoms with Gasteiger partial charge in [-0.15, -0.1) is 0 Å². The third kappa shape index (κ3) is 3.39. The number of likely N-dealkylation sites (tertiary alicyclic amines) is 1. The van der Waals surface area contributed by atoms with E-state index in [2.05, 4.69) is 0 Å².